The lowest BCUT2D eigenvalue weighted by Crippen LogP contribution is -2.52. The smallest absolute Gasteiger partial charge is 0.323 e. The molecule has 0 atom stereocenters. The van der Waals surface area contributed by atoms with Crippen LogP contribution >= 0.6 is 0 Å². The van der Waals surface area contributed by atoms with Crippen molar-refractivity contribution in [3.63, 3.8) is 0 Å². The molecule has 5 nitrogen and oxygen atoms in total. The van der Waals surface area contributed by atoms with E-state index in [0.717, 1.165) is 12.1 Å². The zero-order valence-corrected chi connectivity index (χ0v) is 15.0. The molecule has 2 aromatic carbocycles. The Morgan fingerprint density at radius 2 is 1.76 bits per heavy atom. The van der Waals surface area contributed by atoms with Gasteiger partial charge in [0.05, 0.1) is 24.2 Å². The Kier molecular flexibility index (Phi) is 4.38. The molecule has 0 aliphatic carbocycles. The highest BCUT2D eigenvalue weighted by molar-refractivity contribution is 5.98. The monoisotopic (exact) mass is 397 g/mol. The standard InChI is InChI=1S/C21H14F3N3O2/c1-25-15-11-26(12-15)20(29)13-2-7-18-17(10-13)19(28)8-9-27(18)16-5-3-14(4-6-16)21(22,23)24/h2-10,15H,11-12H2. The van der Waals surface area contributed by atoms with Crippen molar-refractivity contribution >= 4 is 16.8 Å². The number of carbonyl (C=O) groups excluding carboxylic acids is 1. The number of hydrogen-bond acceptors (Lipinski definition) is 2. The van der Waals surface area contributed by atoms with Crippen molar-refractivity contribution in [2.24, 2.45) is 0 Å². The summed E-state index contributed by atoms with van der Waals surface area (Å²) in [5.74, 6) is -0.254. The molecule has 1 saturated heterocycles. The Balaban J connectivity index is 1.72. The van der Waals surface area contributed by atoms with Gasteiger partial charge in [-0.25, -0.2) is 6.57 Å². The molecule has 0 bridgehead atoms. The van der Waals surface area contributed by atoms with Gasteiger partial charge in [0.25, 0.3) is 11.9 Å². The van der Waals surface area contributed by atoms with E-state index >= 15 is 0 Å². The summed E-state index contributed by atoms with van der Waals surface area (Å²) in [4.78, 5) is 29.8. The molecule has 2 heterocycles. The molecule has 3 aromatic rings. The molecule has 4 rings (SSSR count). The molecule has 1 fully saturated rings. The Morgan fingerprint density at radius 3 is 2.38 bits per heavy atom. The fourth-order valence-corrected chi connectivity index (χ4v) is 3.31. The average Bonchev–Trinajstić information content (AvgIpc) is 2.67. The van der Waals surface area contributed by atoms with Gasteiger partial charge in [-0.2, -0.15) is 13.2 Å². The minimum Gasteiger partial charge on any atom is -0.323 e. The van der Waals surface area contributed by atoms with Gasteiger partial charge in [-0.15, -0.1) is 0 Å². The molecule has 0 spiro atoms. The molecule has 1 aromatic heterocycles. The third-order valence-electron chi connectivity index (χ3n) is 4.95. The van der Waals surface area contributed by atoms with Crippen molar-refractivity contribution < 1.29 is 18.0 Å². The lowest BCUT2D eigenvalue weighted by Gasteiger charge is -2.31. The molecule has 0 radical (unpaired) electrons. The SMILES string of the molecule is [C-]#[N+]C1CN(C(=O)c2ccc3c(c2)c(=O)ccn3-c2ccc(C(F)(F)F)cc2)C1. The summed E-state index contributed by atoms with van der Waals surface area (Å²) >= 11 is 0. The number of hydrogen-bond donors (Lipinski definition) is 0. The number of amides is 1. The molecule has 1 aliphatic rings. The van der Waals surface area contributed by atoms with E-state index in [1.807, 2.05) is 0 Å². The third kappa shape index (κ3) is 3.36. The molecule has 1 aliphatic heterocycles. The maximum Gasteiger partial charge on any atom is 0.416 e. The minimum absolute atomic E-state index is 0.184. The molecular formula is C21H14F3N3O2. The van der Waals surface area contributed by atoms with Crippen molar-refractivity contribution in [3.05, 3.63) is 87.5 Å². The molecule has 146 valence electrons. The van der Waals surface area contributed by atoms with E-state index in [4.69, 9.17) is 6.57 Å². The van der Waals surface area contributed by atoms with Crippen LogP contribution in [0.2, 0.25) is 0 Å². The van der Waals surface area contributed by atoms with Crippen molar-refractivity contribution in [3.8, 4) is 5.69 Å². The van der Waals surface area contributed by atoms with Crippen LogP contribution in [-0.2, 0) is 6.18 Å². The minimum atomic E-state index is -4.43. The van der Waals surface area contributed by atoms with E-state index in [9.17, 15) is 22.8 Å². The first-order valence-corrected chi connectivity index (χ1v) is 8.77. The highest BCUT2D eigenvalue weighted by Crippen LogP contribution is 2.30. The number of pyridine rings is 1. The maximum absolute atomic E-state index is 12.8. The van der Waals surface area contributed by atoms with E-state index < -0.39 is 11.7 Å². The topological polar surface area (TPSA) is 46.7 Å². The maximum atomic E-state index is 12.8. The van der Waals surface area contributed by atoms with Crippen LogP contribution in [0.5, 0.6) is 0 Å². The third-order valence-corrected chi connectivity index (χ3v) is 4.95. The number of alkyl halides is 3. The van der Waals surface area contributed by atoms with Gasteiger partial charge in [-0.3, -0.25) is 9.59 Å². The summed E-state index contributed by atoms with van der Waals surface area (Å²) in [5.41, 5.74) is 0.233. The quantitative estimate of drug-likeness (QED) is 0.619. The first-order valence-electron chi connectivity index (χ1n) is 8.77. The summed E-state index contributed by atoms with van der Waals surface area (Å²) in [6, 6.07) is 10.4. The number of nitrogens with zero attached hydrogens (tertiary/aromatic N) is 3. The Hall–Kier alpha value is -3.60. The molecule has 0 unspecified atom stereocenters. The number of fused-ring (bicyclic) bond motifs is 1. The Labute approximate surface area is 163 Å². The van der Waals surface area contributed by atoms with Crippen molar-refractivity contribution in [2.45, 2.75) is 12.2 Å². The van der Waals surface area contributed by atoms with Crippen molar-refractivity contribution in [2.75, 3.05) is 13.1 Å². The summed E-state index contributed by atoms with van der Waals surface area (Å²) in [7, 11) is 0. The summed E-state index contributed by atoms with van der Waals surface area (Å²) < 4.78 is 40.0. The van der Waals surface area contributed by atoms with Gasteiger partial charge in [0.2, 0.25) is 0 Å². The molecule has 29 heavy (non-hydrogen) atoms. The fraction of sp³-hybridized carbons (Fsp3) is 0.190. The van der Waals surface area contributed by atoms with Crippen LogP contribution in [0, 0.1) is 6.57 Å². The first-order chi connectivity index (χ1) is 13.8. The second-order valence-electron chi connectivity index (χ2n) is 6.82. The summed E-state index contributed by atoms with van der Waals surface area (Å²) in [6.45, 7) is 7.70. The highest BCUT2D eigenvalue weighted by atomic mass is 19.4. The van der Waals surface area contributed by atoms with Crippen LogP contribution in [0.4, 0.5) is 13.2 Å². The molecule has 8 heteroatoms. The zero-order chi connectivity index (χ0) is 20.8. The number of likely N-dealkylation sites (tertiary alicyclic amines) is 1. The normalized spacial score (nSPS) is 14.5. The average molecular weight is 397 g/mol. The van der Waals surface area contributed by atoms with Crippen LogP contribution < -0.4 is 5.43 Å². The van der Waals surface area contributed by atoms with Gasteiger partial charge in [-0.05, 0) is 42.5 Å². The number of rotatable bonds is 2. The summed E-state index contributed by atoms with van der Waals surface area (Å²) in [5, 5.41) is 0.292. The first kappa shape index (κ1) is 18.7. The van der Waals surface area contributed by atoms with Gasteiger partial charge in [0, 0.05) is 28.9 Å². The van der Waals surface area contributed by atoms with Gasteiger partial charge in [0.15, 0.2) is 5.43 Å². The van der Waals surface area contributed by atoms with E-state index in [-0.39, 0.29) is 17.4 Å². The highest BCUT2D eigenvalue weighted by Gasteiger charge is 2.35. The second-order valence-corrected chi connectivity index (χ2v) is 6.82. The number of carbonyl (C=O) groups is 1. The van der Waals surface area contributed by atoms with E-state index in [0.29, 0.717) is 35.2 Å². The number of benzene rings is 2. The fourth-order valence-electron chi connectivity index (χ4n) is 3.31. The molecular weight excluding hydrogens is 383 g/mol. The molecule has 0 N–H and O–H groups in total. The lowest BCUT2D eigenvalue weighted by atomic mass is 10.0. The lowest BCUT2D eigenvalue weighted by molar-refractivity contribution is -0.137. The zero-order valence-electron chi connectivity index (χ0n) is 15.0. The van der Waals surface area contributed by atoms with Crippen LogP contribution in [-0.4, -0.2) is 34.5 Å². The van der Waals surface area contributed by atoms with E-state index in [2.05, 4.69) is 4.85 Å². The molecule has 1 amide bonds. The predicted molar refractivity (Wildman–Crippen MR) is 101 cm³/mol. The largest absolute Gasteiger partial charge is 0.416 e. The van der Waals surface area contributed by atoms with E-state index in [1.165, 1.54) is 30.5 Å². The number of halogens is 3. The Bertz CT molecular complexity index is 1200. The van der Waals surface area contributed by atoms with Crippen LogP contribution in [0.15, 0.2) is 59.5 Å². The van der Waals surface area contributed by atoms with Gasteiger partial charge < -0.3 is 14.3 Å². The van der Waals surface area contributed by atoms with Gasteiger partial charge >= 0.3 is 6.18 Å². The van der Waals surface area contributed by atoms with Crippen molar-refractivity contribution in [1.82, 2.24) is 9.47 Å². The van der Waals surface area contributed by atoms with Crippen LogP contribution in [0.1, 0.15) is 15.9 Å². The Morgan fingerprint density at radius 1 is 1.07 bits per heavy atom. The predicted octanol–water partition coefficient (Wildman–Crippen LogP) is 3.75. The molecule has 0 saturated carbocycles. The van der Waals surface area contributed by atoms with Gasteiger partial charge in [-0.1, -0.05) is 0 Å². The summed E-state index contributed by atoms with van der Waals surface area (Å²) in [6.07, 6.45) is -2.94. The van der Waals surface area contributed by atoms with Crippen molar-refractivity contribution in [1.29, 1.82) is 0 Å². The van der Waals surface area contributed by atoms with Crippen LogP contribution in [0.3, 0.4) is 0 Å². The van der Waals surface area contributed by atoms with Gasteiger partial charge in [0.1, 0.15) is 0 Å². The van der Waals surface area contributed by atoms with Crippen LogP contribution in [0.25, 0.3) is 21.4 Å². The second kappa shape index (κ2) is 6.78. The number of aromatic nitrogens is 1. The van der Waals surface area contributed by atoms with E-state index in [1.54, 1.807) is 21.6 Å².